The summed E-state index contributed by atoms with van der Waals surface area (Å²) in [6, 6.07) is 13.6. The van der Waals surface area contributed by atoms with Gasteiger partial charge in [0.25, 0.3) is 5.91 Å². The number of ether oxygens (including phenoxy) is 2. The molecule has 1 atom stereocenters. The summed E-state index contributed by atoms with van der Waals surface area (Å²) in [7, 11) is 0. The third-order valence-electron chi connectivity index (χ3n) is 5.09. The zero-order valence-corrected chi connectivity index (χ0v) is 21.0. The van der Waals surface area contributed by atoms with Crippen LogP contribution >= 0.6 is 0 Å². The Hall–Kier alpha value is -2.97. The number of nitrogens with zero attached hydrogens (tertiary/aromatic N) is 1. The van der Waals surface area contributed by atoms with Crippen LogP contribution in [0.5, 0.6) is 11.5 Å². The summed E-state index contributed by atoms with van der Waals surface area (Å²) in [6.45, 7) is 9.20. The first-order valence-corrected chi connectivity index (χ1v) is 12.9. The van der Waals surface area contributed by atoms with Gasteiger partial charge in [-0.1, -0.05) is 23.8 Å². The molecule has 7 nitrogen and oxygen atoms in total. The first-order valence-electron chi connectivity index (χ1n) is 11.4. The molecule has 1 unspecified atom stereocenters. The molecule has 0 aliphatic heterocycles. The normalized spacial score (nSPS) is 11.8. The van der Waals surface area contributed by atoms with Crippen molar-refractivity contribution in [1.82, 2.24) is 10.3 Å². The second kappa shape index (κ2) is 12.5. The van der Waals surface area contributed by atoms with Crippen LogP contribution in [-0.4, -0.2) is 41.0 Å². The lowest BCUT2D eigenvalue weighted by Gasteiger charge is -2.13. The van der Waals surface area contributed by atoms with E-state index >= 15 is 0 Å². The molecule has 0 aliphatic rings. The number of aromatic nitrogens is 1. The predicted molar refractivity (Wildman–Crippen MR) is 134 cm³/mol. The van der Waals surface area contributed by atoms with Crippen molar-refractivity contribution in [2.24, 2.45) is 0 Å². The lowest BCUT2D eigenvalue weighted by Crippen LogP contribution is -2.32. The van der Waals surface area contributed by atoms with Crippen LogP contribution in [0.4, 0.5) is 0 Å². The van der Waals surface area contributed by atoms with E-state index in [2.05, 4.69) is 10.3 Å². The van der Waals surface area contributed by atoms with E-state index in [4.69, 9.17) is 13.9 Å². The van der Waals surface area contributed by atoms with Crippen LogP contribution in [0.1, 0.15) is 36.4 Å². The van der Waals surface area contributed by atoms with Crippen molar-refractivity contribution in [2.75, 3.05) is 25.5 Å². The molecule has 8 heteroatoms. The Labute approximate surface area is 204 Å². The highest BCUT2D eigenvalue weighted by atomic mass is 32.2. The van der Waals surface area contributed by atoms with Crippen LogP contribution < -0.4 is 14.8 Å². The molecule has 3 rings (SSSR count). The molecule has 0 fully saturated rings. The number of nitrogens with one attached hydrogen (secondary N) is 1. The zero-order valence-electron chi connectivity index (χ0n) is 20.2. The molecule has 3 aromatic rings. The first-order chi connectivity index (χ1) is 16.4. The summed E-state index contributed by atoms with van der Waals surface area (Å²) in [4.78, 5) is 16.8. The molecule has 2 aromatic carbocycles. The van der Waals surface area contributed by atoms with Gasteiger partial charge in [-0.05, 0) is 75.1 Å². The summed E-state index contributed by atoms with van der Waals surface area (Å²) in [5, 5.41) is 2.84. The Balaban J connectivity index is 1.49. The van der Waals surface area contributed by atoms with Gasteiger partial charge in [-0.3, -0.25) is 4.79 Å². The minimum Gasteiger partial charge on any atom is -0.616 e. The average molecular weight is 485 g/mol. The molecule has 0 aliphatic carbocycles. The maximum Gasteiger partial charge on any atom is 0.269 e. The standard InChI is InChI=1S/C26H32N2O5S/c1-5-31-23-11-10-20(15-24(23)32-6-2)12-13-27-25(29)17-34(30)16-22-19(4)33-26(28-22)21-9-7-8-18(3)14-21/h7-11,14-15H,5-6,12-13,16-17H2,1-4H3,(H,27,29). The zero-order chi connectivity index (χ0) is 24.5. The fourth-order valence-corrected chi connectivity index (χ4v) is 4.53. The fraction of sp³-hybridized carbons (Fsp3) is 0.385. The summed E-state index contributed by atoms with van der Waals surface area (Å²) < 4.78 is 29.5. The number of amides is 1. The quantitative estimate of drug-likeness (QED) is 0.384. The Kier molecular flexibility index (Phi) is 9.42. The fourth-order valence-electron chi connectivity index (χ4n) is 3.46. The van der Waals surface area contributed by atoms with Crippen molar-refractivity contribution >= 4 is 17.1 Å². The third kappa shape index (κ3) is 7.27. The minimum absolute atomic E-state index is 0.0838. The maximum atomic E-state index is 12.6. The van der Waals surface area contributed by atoms with Crippen LogP contribution in [-0.2, 0) is 28.1 Å². The summed E-state index contributed by atoms with van der Waals surface area (Å²) in [5.74, 6) is 2.35. The van der Waals surface area contributed by atoms with E-state index in [1.54, 1.807) is 6.92 Å². The number of hydrogen-bond donors (Lipinski definition) is 1. The van der Waals surface area contributed by atoms with Crippen molar-refractivity contribution in [3.63, 3.8) is 0 Å². The Morgan fingerprint density at radius 2 is 1.85 bits per heavy atom. The van der Waals surface area contributed by atoms with Crippen molar-refractivity contribution in [3.8, 4) is 23.0 Å². The summed E-state index contributed by atoms with van der Waals surface area (Å²) >= 11 is -1.39. The van der Waals surface area contributed by atoms with E-state index in [-0.39, 0.29) is 17.4 Å². The van der Waals surface area contributed by atoms with E-state index < -0.39 is 11.2 Å². The average Bonchev–Trinajstić information content (AvgIpc) is 3.15. The van der Waals surface area contributed by atoms with Crippen LogP contribution in [0.15, 0.2) is 46.9 Å². The highest BCUT2D eigenvalue weighted by molar-refractivity contribution is 7.91. The van der Waals surface area contributed by atoms with Crippen LogP contribution in [0.2, 0.25) is 0 Å². The van der Waals surface area contributed by atoms with Gasteiger partial charge < -0.3 is 23.8 Å². The van der Waals surface area contributed by atoms with Gasteiger partial charge in [-0.2, -0.15) is 0 Å². The summed E-state index contributed by atoms with van der Waals surface area (Å²) in [5.41, 5.74) is 3.62. The van der Waals surface area contributed by atoms with Gasteiger partial charge in [-0.15, -0.1) is 0 Å². The van der Waals surface area contributed by atoms with E-state index in [1.807, 2.05) is 63.2 Å². The van der Waals surface area contributed by atoms with Crippen molar-refractivity contribution in [2.45, 2.75) is 39.9 Å². The van der Waals surface area contributed by atoms with E-state index in [0.29, 0.717) is 55.0 Å². The molecular formula is C26H32N2O5S. The molecule has 1 N–H and O–H groups in total. The third-order valence-corrected chi connectivity index (χ3v) is 6.27. The molecule has 0 spiro atoms. The SMILES string of the molecule is CCOc1ccc(CCNC(=O)C[S+]([O-])Cc2nc(-c3cccc(C)c3)oc2C)cc1OCC. The lowest BCUT2D eigenvalue weighted by molar-refractivity contribution is -0.118. The maximum absolute atomic E-state index is 12.6. The van der Waals surface area contributed by atoms with Gasteiger partial charge in [0.1, 0.15) is 11.5 Å². The van der Waals surface area contributed by atoms with Gasteiger partial charge in [0.05, 0.1) is 13.2 Å². The van der Waals surface area contributed by atoms with Crippen molar-refractivity contribution in [3.05, 3.63) is 65.0 Å². The van der Waals surface area contributed by atoms with Crippen molar-refractivity contribution in [1.29, 1.82) is 0 Å². The topological polar surface area (TPSA) is 96.7 Å². The molecule has 0 radical (unpaired) electrons. The smallest absolute Gasteiger partial charge is 0.269 e. The van der Waals surface area contributed by atoms with Crippen molar-refractivity contribution < 1.29 is 23.2 Å². The van der Waals surface area contributed by atoms with E-state index in [9.17, 15) is 9.35 Å². The van der Waals surface area contributed by atoms with Crippen LogP contribution in [0.25, 0.3) is 11.5 Å². The minimum atomic E-state index is -1.39. The molecule has 1 amide bonds. The molecule has 34 heavy (non-hydrogen) atoms. The number of carbonyl (C=O) groups excluding carboxylic acids is 1. The Morgan fingerprint density at radius 3 is 2.59 bits per heavy atom. The van der Waals surface area contributed by atoms with E-state index in [0.717, 1.165) is 16.7 Å². The Bertz CT molecular complexity index is 1100. The van der Waals surface area contributed by atoms with Gasteiger partial charge in [-0.25, -0.2) is 4.98 Å². The first kappa shape index (κ1) is 25.6. The number of carbonyl (C=O) groups is 1. The molecule has 0 saturated heterocycles. The van der Waals surface area contributed by atoms with Crippen LogP contribution in [0, 0.1) is 13.8 Å². The predicted octanol–water partition coefficient (Wildman–Crippen LogP) is 4.36. The monoisotopic (exact) mass is 484 g/mol. The largest absolute Gasteiger partial charge is 0.616 e. The van der Waals surface area contributed by atoms with Crippen LogP contribution in [0.3, 0.4) is 0 Å². The molecule has 0 bridgehead atoms. The second-order valence-corrected chi connectivity index (χ2v) is 9.32. The molecule has 1 heterocycles. The highest BCUT2D eigenvalue weighted by Gasteiger charge is 2.20. The lowest BCUT2D eigenvalue weighted by atomic mass is 10.1. The van der Waals surface area contributed by atoms with E-state index in [1.165, 1.54) is 0 Å². The second-order valence-electron chi connectivity index (χ2n) is 7.87. The number of aryl methyl sites for hydroxylation is 2. The number of rotatable bonds is 12. The van der Waals surface area contributed by atoms with Gasteiger partial charge in [0.2, 0.25) is 5.89 Å². The van der Waals surface area contributed by atoms with Gasteiger partial charge in [0, 0.05) is 12.1 Å². The molecule has 182 valence electrons. The highest BCUT2D eigenvalue weighted by Crippen LogP contribution is 2.28. The summed E-state index contributed by atoms with van der Waals surface area (Å²) in [6.07, 6.45) is 0.632. The number of oxazole rings is 1. The Morgan fingerprint density at radius 1 is 1.09 bits per heavy atom. The number of hydrogen-bond acceptors (Lipinski definition) is 6. The number of benzene rings is 2. The van der Waals surface area contributed by atoms with Gasteiger partial charge >= 0.3 is 0 Å². The molecule has 0 saturated carbocycles. The molecular weight excluding hydrogens is 452 g/mol. The van der Waals surface area contributed by atoms with Gasteiger partial charge in [0.15, 0.2) is 23.0 Å². The molecule has 1 aromatic heterocycles.